The number of halogens is 1. The first-order valence-corrected chi connectivity index (χ1v) is 3.28. The highest BCUT2D eigenvalue weighted by atomic mass is 19.1. The van der Waals surface area contributed by atoms with E-state index in [1.807, 2.05) is 0 Å². The number of carboxylic acids is 2. The van der Waals surface area contributed by atoms with Gasteiger partial charge in [-0.2, -0.15) is 0 Å². The van der Waals surface area contributed by atoms with Crippen LogP contribution in [-0.4, -0.2) is 22.2 Å². The van der Waals surface area contributed by atoms with Gasteiger partial charge < -0.3 is 10.2 Å². The summed E-state index contributed by atoms with van der Waals surface area (Å²) in [6.07, 6.45) is 0. The quantitative estimate of drug-likeness (QED) is 0.728. The van der Waals surface area contributed by atoms with E-state index in [0.29, 0.717) is 6.07 Å². The van der Waals surface area contributed by atoms with Crippen LogP contribution in [0.1, 0.15) is 20.7 Å². The van der Waals surface area contributed by atoms with E-state index in [1.54, 1.807) is 0 Å². The summed E-state index contributed by atoms with van der Waals surface area (Å²) in [4.78, 5) is 20.9. The second-order valence-electron chi connectivity index (χ2n) is 2.30. The van der Waals surface area contributed by atoms with E-state index in [2.05, 4.69) is 0 Å². The van der Waals surface area contributed by atoms with Gasteiger partial charge in [-0.15, -0.1) is 0 Å². The van der Waals surface area contributed by atoms with Crippen molar-refractivity contribution >= 4 is 11.9 Å². The van der Waals surface area contributed by atoms with Crippen molar-refractivity contribution in [2.45, 2.75) is 0 Å². The van der Waals surface area contributed by atoms with Crippen molar-refractivity contribution in [3.05, 3.63) is 35.1 Å². The van der Waals surface area contributed by atoms with Crippen LogP contribution in [0.2, 0.25) is 0 Å². The summed E-state index contributed by atoms with van der Waals surface area (Å²) in [5.74, 6) is -3.63. The summed E-state index contributed by atoms with van der Waals surface area (Å²) in [6.45, 7) is 0. The third-order valence-corrected chi connectivity index (χ3v) is 1.44. The fourth-order valence-electron chi connectivity index (χ4n) is 0.880. The van der Waals surface area contributed by atoms with E-state index < -0.39 is 28.9 Å². The van der Waals surface area contributed by atoms with Gasteiger partial charge in [0.15, 0.2) is 0 Å². The molecule has 68 valence electrons. The minimum Gasteiger partial charge on any atom is -0.478 e. The lowest BCUT2D eigenvalue weighted by molar-refractivity contribution is 0.0651. The van der Waals surface area contributed by atoms with Gasteiger partial charge >= 0.3 is 11.9 Å². The molecule has 0 saturated carbocycles. The monoisotopic (exact) mass is 186 g/mol. The Bertz CT molecular complexity index is 372. The molecule has 1 aromatic rings. The fourth-order valence-corrected chi connectivity index (χ4v) is 0.880. The van der Waals surface area contributed by atoms with Crippen LogP contribution in [0.25, 0.3) is 0 Å². The predicted octanol–water partition coefficient (Wildman–Crippen LogP) is 1.22. The Balaban J connectivity index is 3.35. The molecule has 0 fully saturated rings. The van der Waals surface area contributed by atoms with E-state index in [-0.39, 0.29) is 0 Å². The highest BCUT2D eigenvalue weighted by molar-refractivity contribution is 6.01. The predicted molar refractivity (Wildman–Crippen MR) is 40.3 cm³/mol. The lowest BCUT2D eigenvalue weighted by Crippen LogP contribution is -2.08. The molecule has 0 aliphatic rings. The zero-order chi connectivity index (χ0) is 10.0. The van der Waals surface area contributed by atoms with Crippen molar-refractivity contribution in [1.82, 2.24) is 0 Å². The first-order valence-electron chi connectivity index (χ1n) is 3.28. The van der Waals surface area contributed by atoms with Gasteiger partial charge in [0.2, 0.25) is 0 Å². The second-order valence-corrected chi connectivity index (χ2v) is 2.30. The van der Waals surface area contributed by atoms with E-state index >= 15 is 0 Å². The van der Waals surface area contributed by atoms with Gasteiger partial charge in [0.1, 0.15) is 5.82 Å². The molecule has 4 nitrogen and oxygen atoms in total. The highest BCUT2D eigenvalue weighted by Gasteiger charge is 2.15. The summed E-state index contributed by atoms with van der Waals surface area (Å²) in [5, 5.41) is 17.0. The van der Waals surface area contributed by atoms with Gasteiger partial charge in [0, 0.05) is 0 Å². The van der Waals surface area contributed by atoms with Crippen LogP contribution in [0.3, 0.4) is 0 Å². The van der Waals surface area contributed by atoms with Gasteiger partial charge in [0.05, 0.1) is 11.1 Å². The number of benzene rings is 1. The van der Waals surface area contributed by atoms with E-state index in [1.165, 1.54) is 0 Å². The number of hydrogen-bond donors (Lipinski definition) is 2. The Kier molecular flexibility index (Phi) is 2.27. The number of rotatable bonds is 2. The molecule has 0 atom stereocenters. The molecule has 2 N–H and O–H groups in total. The number of aromatic carboxylic acids is 2. The lowest BCUT2D eigenvalue weighted by Gasteiger charge is -1.99. The van der Waals surface area contributed by atoms with Crippen LogP contribution in [-0.2, 0) is 0 Å². The largest absolute Gasteiger partial charge is 0.478 e. The summed E-state index contributed by atoms with van der Waals surface area (Å²) >= 11 is 0. The molecule has 1 rings (SSSR count). The van der Waals surface area contributed by atoms with Crippen molar-refractivity contribution in [3.63, 3.8) is 0 Å². The molecule has 5 heteroatoms. The number of carbonyl (C=O) groups is 2. The van der Waals surface area contributed by atoms with Crippen LogP contribution < -0.4 is 0 Å². The molecule has 0 amide bonds. The van der Waals surface area contributed by atoms with Crippen molar-refractivity contribution in [1.29, 1.82) is 0 Å². The van der Waals surface area contributed by atoms with E-state index in [0.717, 1.165) is 12.1 Å². The molecule has 0 aliphatic carbocycles. The van der Waals surface area contributed by atoms with E-state index in [9.17, 15) is 14.0 Å². The summed E-state index contributed by atoms with van der Waals surface area (Å²) in [7, 11) is 0. The molecule has 13 heavy (non-hydrogen) atoms. The molecule has 1 aromatic carbocycles. The van der Waals surface area contributed by atoms with Crippen molar-refractivity contribution in [2.75, 3.05) is 0 Å². The zero-order valence-electron chi connectivity index (χ0n) is 6.32. The van der Waals surface area contributed by atoms with Crippen molar-refractivity contribution in [2.24, 2.45) is 0 Å². The Morgan fingerprint density at radius 2 is 2.08 bits per heavy atom. The fraction of sp³-hybridized carbons (Fsp3) is 0. The van der Waals surface area contributed by atoms with Crippen LogP contribution in [0.15, 0.2) is 18.2 Å². The average molecular weight is 186 g/mol. The van der Waals surface area contributed by atoms with Crippen molar-refractivity contribution < 1.29 is 24.2 Å². The summed E-state index contributed by atoms with van der Waals surface area (Å²) < 4.78 is 12.5. The van der Waals surface area contributed by atoms with Crippen LogP contribution in [0.4, 0.5) is 4.39 Å². The molecule has 0 bridgehead atoms. The molecule has 0 aromatic heterocycles. The Morgan fingerprint density at radius 3 is 2.54 bits per heavy atom. The molecular weight excluding hydrogens is 181 g/mol. The number of hydrogen-bond acceptors (Lipinski definition) is 2. The Labute approximate surface area is 72.2 Å². The molecule has 0 heterocycles. The van der Waals surface area contributed by atoms with E-state index in [4.69, 9.17) is 10.2 Å². The smallest absolute Gasteiger partial charge is 0.336 e. The maximum Gasteiger partial charge on any atom is 0.336 e. The molecular formula is C8H5FO4. The third kappa shape index (κ3) is 1.81. The number of carboxylic acid groups (broad SMARTS) is 2. The zero-order valence-corrected chi connectivity index (χ0v) is 6.32. The molecule has 0 unspecified atom stereocenters. The molecule has 0 radical (unpaired) electrons. The van der Waals surface area contributed by atoms with Crippen LogP contribution in [0.5, 0.6) is 0 Å². The topological polar surface area (TPSA) is 74.6 Å². The van der Waals surface area contributed by atoms with Gasteiger partial charge in [0.25, 0.3) is 0 Å². The molecule has 0 saturated heterocycles. The van der Waals surface area contributed by atoms with Crippen molar-refractivity contribution in [3.8, 4) is 0 Å². The molecule has 0 aliphatic heterocycles. The maximum absolute atomic E-state index is 12.5. The lowest BCUT2D eigenvalue weighted by atomic mass is 10.2. The third-order valence-electron chi connectivity index (χ3n) is 1.44. The molecule has 0 spiro atoms. The minimum atomic E-state index is -1.46. The summed E-state index contributed by atoms with van der Waals surface area (Å²) in [5.41, 5.74) is -0.971. The normalized spacial score (nSPS) is 9.62. The SMILES string of the molecule is O=C(O)c1ccc(F)cc1[14C](=O)O. The summed E-state index contributed by atoms with van der Waals surface area (Å²) in [6, 6.07) is 2.49. The average Bonchev–Trinajstić information content (AvgIpc) is 2.03. The van der Waals surface area contributed by atoms with Crippen LogP contribution >= 0.6 is 0 Å². The standard InChI is InChI=1S/C8H5FO4/c9-4-1-2-5(7(10)11)6(3-4)8(12)13/h1-3H,(H,10,11)(H,12,13)/i8+2. The van der Waals surface area contributed by atoms with Gasteiger partial charge in [-0.05, 0) is 18.2 Å². The second kappa shape index (κ2) is 3.22. The Hall–Kier alpha value is -1.91. The Morgan fingerprint density at radius 1 is 1.46 bits per heavy atom. The van der Waals surface area contributed by atoms with Crippen LogP contribution in [0, 0.1) is 5.82 Å². The highest BCUT2D eigenvalue weighted by Crippen LogP contribution is 2.11. The van der Waals surface area contributed by atoms with Gasteiger partial charge in [-0.1, -0.05) is 0 Å². The maximum atomic E-state index is 12.5. The first-order chi connectivity index (χ1) is 6.02. The van der Waals surface area contributed by atoms with Gasteiger partial charge in [-0.3, -0.25) is 0 Å². The minimum absolute atomic E-state index is 0.422. The first kappa shape index (κ1) is 9.18. The van der Waals surface area contributed by atoms with Gasteiger partial charge in [-0.25, -0.2) is 14.0 Å².